The molecule has 31 heavy (non-hydrogen) atoms. The summed E-state index contributed by atoms with van der Waals surface area (Å²) in [5.41, 5.74) is 1.12. The van der Waals surface area contributed by atoms with Crippen LogP contribution in [0, 0.1) is 0 Å². The first kappa shape index (κ1) is 23.8. The molecule has 8 nitrogen and oxygen atoms in total. The van der Waals surface area contributed by atoms with Crippen LogP contribution < -0.4 is 15.5 Å². The summed E-state index contributed by atoms with van der Waals surface area (Å²) in [6.07, 6.45) is 5.48. The van der Waals surface area contributed by atoms with Crippen molar-refractivity contribution in [2.24, 2.45) is 4.99 Å². The average molecular weight is 433 g/mol. The van der Waals surface area contributed by atoms with Gasteiger partial charge in [0.25, 0.3) is 0 Å². The van der Waals surface area contributed by atoms with Gasteiger partial charge in [-0.2, -0.15) is 0 Å². The summed E-state index contributed by atoms with van der Waals surface area (Å²) in [5, 5.41) is 6.69. The van der Waals surface area contributed by atoms with Crippen molar-refractivity contribution in [2.45, 2.75) is 45.8 Å². The largest absolute Gasteiger partial charge is 0.379 e. The van der Waals surface area contributed by atoms with Gasteiger partial charge in [0.2, 0.25) is 0 Å². The van der Waals surface area contributed by atoms with Crippen LogP contribution in [0.3, 0.4) is 0 Å². The zero-order valence-corrected chi connectivity index (χ0v) is 19.3. The fourth-order valence-corrected chi connectivity index (χ4v) is 3.87. The van der Waals surface area contributed by atoms with Gasteiger partial charge in [-0.1, -0.05) is 13.0 Å². The summed E-state index contributed by atoms with van der Waals surface area (Å²) in [6.45, 7) is 14.4. The molecule has 8 heteroatoms. The quantitative estimate of drug-likeness (QED) is 0.314. The Labute approximate surface area is 187 Å². The molecule has 0 aliphatic carbocycles. The van der Waals surface area contributed by atoms with Gasteiger partial charge in [0.15, 0.2) is 5.96 Å². The second kappa shape index (κ2) is 13.5. The van der Waals surface area contributed by atoms with E-state index in [1.54, 1.807) is 0 Å². The SMILES string of the molecule is CCNC(=NCc1ccc(N2CCN(CC)CC2)nc1)NCCCOCC1CCCO1. The van der Waals surface area contributed by atoms with E-state index in [2.05, 4.69) is 51.4 Å². The Morgan fingerprint density at radius 2 is 2.10 bits per heavy atom. The number of hydrogen-bond acceptors (Lipinski definition) is 6. The van der Waals surface area contributed by atoms with Crippen LogP contribution in [0.15, 0.2) is 23.3 Å². The molecule has 1 aromatic heterocycles. The van der Waals surface area contributed by atoms with Crippen LogP contribution >= 0.6 is 0 Å². The first-order valence-corrected chi connectivity index (χ1v) is 11.9. The average Bonchev–Trinajstić information content (AvgIpc) is 3.33. The lowest BCUT2D eigenvalue weighted by atomic mass is 10.2. The highest BCUT2D eigenvalue weighted by Crippen LogP contribution is 2.14. The second-order valence-electron chi connectivity index (χ2n) is 8.13. The van der Waals surface area contributed by atoms with Crippen molar-refractivity contribution in [1.29, 1.82) is 0 Å². The van der Waals surface area contributed by atoms with Crippen LogP contribution in [0.25, 0.3) is 0 Å². The van der Waals surface area contributed by atoms with E-state index in [0.717, 1.165) is 95.6 Å². The molecule has 0 radical (unpaired) electrons. The molecule has 0 saturated carbocycles. The van der Waals surface area contributed by atoms with Crippen molar-refractivity contribution in [2.75, 3.05) is 70.5 Å². The first-order valence-electron chi connectivity index (χ1n) is 11.9. The molecule has 0 aromatic carbocycles. The second-order valence-corrected chi connectivity index (χ2v) is 8.13. The van der Waals surface area contributed by atoms with E-state index in [4.69, 9.17) is 14.5 Å². The maximum Gasteiger partial charge on any atom is 0.191 e. The third-order valence-corrected chi connectivity index (χ3v) is 5.80. The molecule has 174 valence electrons. The number of nitrogens with one attached hydrogen (secondary N) is 2. The molecule has 0 bridgehead atoms. The van der Waals surface area contributed by atoms with E-state index >= 15 is 0 Å². The molecule has 0 spiro atoms. The van der Waals surface area contributed by atoms with Crippen LogP contribution in [0.2, 0.25) is 0 Å². The number of guanidine groups is 1. The fraction of sp³-hybridized carbons (Fsp3) is 0.739. The van der Waals surface area contributed by atoms with Gasteiger partial charge >= 0.3 is 0 Å². The van der Waals surface area contributed by atoms with Crippen LogP contribution in [0.1, 0.15) is 38.7 Å². The van der Waals surface area contributed by atoms with E-state index in [1.807, 2.05) is 6.20 Å². The molecular weight excluding hydrogens is 392 g/mol. The molecule has 1 aromatic rings. The molecule has 0 amide bonds. The lowest BCUT2D eigenvalue weighted by molar-refractivity contribution is 0.0168. The standard InChI is InChI=1S/C23H40N6O2/c1-3-24-23(25-10-6-15-30-19-21-7-5-16-31-21)27-18-20-8-9-22(26-17-20)29-13-11-28(4-2)12-14-29/h8-9,17,21H,3-7,10-16,18-19H2,1-2H3,(H2,24,25,27). The van der Waals surface area contributed by atoms with E-state index in [0.29, 0.717) is 19.3 Å². The Bertz CT molecular complexity index is 640. The Balaban J connectivity index is 1.36. The minimum atomic E-state index is 0.299. The Kier molecular flexibility index (Phi) is 10.3. The normalized spacial score (nSPS) is 20.3. The molecule has 2 N–H and O–H groups in total. The predicted molar refractivity (Wildman–Crippen MR) is 126 cm³/mol. The van der Waals surface area contributed by atoms with Crippen molar-refractivity contribution in [3.8, 4) is 0 Å². The van der Waals surface area contributed by atoms with Crippen LogP contribution in [0.4, 0.5) is 5.82 Å². The van der Waals surface area contributed by atoms with Gasteiger partial charge in [-0.05, 0) is 44.4 Å². The zero-order chi connectivity index (χ0) is 21.7. The summed E-state index contributed by atoms with van der Waals surface area (Å²) in [4.78, 5) is 14.2. The van der Waals surface area contributed by atoms with Crippen molar-refractivity contribution in [1.82, 2.24) is 20.5 Å². The summed E-state index contributed by atoms with van der Waals surface area (Å²) >= 11 is 0. The van der Waals surface area contributed by atoms with Gasteiger partial charge < -0.3 is 29.9 Å². The van der Waals surface area contributed by atoms with Crippen LogP contribution in [0.5, 0.6) is 0 Å². The number of aliphatic imine (C=N–C) groups is 1. The van der Waals surface area contributed by atoms with E-state index in [-0.39, 0.29) is 0 Å². The summed E-state index contributed by atoms with van der Waals surface area (Å²) in [6, 6.07) is 4.26. The molecule has 3 rings (SSSR count). The zero-order valence-electron chi connectivity index (χ0n) is 19.3. The molecule has 1 unspecified atom stereocenters. The van der Waals surface area contributed by atoms with Crippen LogP contribution in [-0.4, -0.2) is 87.6 Å². The maximum atomic E-state index is 5.72. The Morgan fingerprint density at radius 1 is 1.23 bits per heavy atom. The molecule has 2 aliphatic heterocycles. The molecular formula is C23H40N6O2. The summed E-state index contributed by atoms with van der Waals surface area (Å²) in [7, 11) is 0. The third kappa shape index (κ3) is 8.27. The number of likely N-dealkylation sites (N-methyl/N-ethyl adjacent to an activating group) is 1. The highest BCUT2D eigenvalue weighted by Gasteiger charge is 2.16. The fourth-order valence-electron chi connectivity index (χ4n) is 3.87. The topological polar surface area (TPSA) is 74.3 Å². The van der Waals surface area contributed by atoms with Crippen molar-refractivity contribution >= 4 is 11.8 Å². The smallest absolute Gasteiger partial charge is 0.191 e. The lowest BCUT2D eigenvalue weighted by Crippen LogP contribution is -2.46. The summed E-state index contributed by atoms with van der Waals surface area (Å²) < 4.78 is 11.3. The van der Waals surface area contributed by atoms with E-state index in [1.165, 1.54) is 0 Å². The summed E-state index contributed by atoms with van der Waals surface area (Å²) in [5.74, 6) is 1.90. The third-order valence-electron chi connectivity index (χ3n) is 5.80. The Hall–Kier alpha value is -1.90. The minimum absolute atomic E-state index is 0.299. The maximum absolute atomic E-state index is 5.72. The molecule has 3 heterocycles. The van der Waals surface area contributed by atoms with Gasteiger partial charge in [0.1, 0.15) is 5.82 Å². The molecule has 1 atom stereocenters. The highest BCUT2D eigenvalue weighted by atomic mass is 16.5. The van der Waals surface area contributed by atoms with Gasteiger partial charge in [0.05, 0.1) is 19.3 Å². The molecule has 2 saturated heterocycles. The number of anilines is 1. The van der Waals surface area contributed by atoms with Crippen LogP contribution in [-0.2, 0) is 16.0 Å². The van der Waals surface area contributed by atoms with Crippen molar-refractivity contribution in [3.63, 3.8) is 0 Å². The van der Waals surface area contributed by atoms with Gasteiger partial charge in [-0.15, -0.1) is 0 Å². The van der Waals surface area contributed by atoms with Gasteiger partial charge in [-0.3, -0.25) is 0 Å². The number of hydrogen-bond donors (Lipinski definition) is 2. The van der Waals surface area contributed by atoms with Gasteiger partial charge in [0, 0.05) is 58.7 Å². The number of piperazine rings is 1. The number of nitrogens with zero attached hydrogens (tertiary/aromatic N) is 4. The Morgan fingerprint density at radius 3 is 2.77 bits per heavy atom. The number of pyridine rings is 1. The predicted octanol–water partition coefficient (Wildman–Crippen LogP) is 1.86. The number of ether oxygens (including phenoxy) is 2. The molecule has 2 aliphatic rings. The minimum Gasteiger partial charge on any atom is -0.379 e. The van der Waals surface area contributed by atoms with Crippen molar-refractivity contribution < 1.29 is 9.47 Å². The van der Waals surface area contributed by atoms with Gasteiger partial charge in [-0.25, -0.2) is 9.98 Å². The molecule has 2 fully saturated rings. The highest BCUT2D eigenvalue weighted by molar-refractivity contribution is 5.79. The monoisotopic (exact) mass is 432 g/mol. The first-order chi connectivity index (χ1) is 15.3. The van der Waals surface area contributed by atoms with Crippen molar-refractivity contribution in [3.05, 3.63) is 23.9 Å². The lowest BCUT2D eigenvalue weighted by Gasteiger charge is -2.34. The van der Waals surface area contributed by atoms with E-state index < -0.39 is 0 Å². The van der Waals surface area contributed by atoms with E-state index in [9.17, 15) is 0 Å². The number of aromatic nitrogens is 1. The number of rotatable bonds is 11.